The molecule has 8 nitrogen and oxygen atoms in total. The Balaban J connectivity index is 1.61. The molecule has 0 fully saturated rings. The fourth-order valence-electron chi connectivity index (χ4n) is 3.10. The van der Waals surface area contributed by atoms with Gasteiger partial charge in [-0.15, -0.1) is 5.10 Å². The van der Waals surface area contributed by atoms with Gasteiger partial charge in [0.15, 0.2) is 11.5 Å². The van der Waals surface area contributed by atoms with Crippen LogP contribution in [0.3, 0.4) is 0 Å². The summed E-state index contributed by atoms with van der Waals surface area (Å²) in [5, 5.41) is 7.31. The van der Waals surface area contributed by atoms with E-state index in [9.17, 15) is 4.79 Å². The molecule has 0 radical (unpaired) electrons. The van der Waals surface area contributed by atoms with Gasteiger partial charge in [-0.2, -0.15) is 4.98 Å². The third-order valence-corrected chi connectivity index (χ3v) is 4.51. The second kappa shape index (κ2) is 6.86. The minimum atomic E-state index is -0.339. The Morgan fingerprint density at radius 3 is 2.70 bits per heavy atom. The molecule has 0 spiro atoms. The minimum Gasteiger partial charge on any atom is -0.486 e. The number of rotatable bonds is 4. The predicted octanol–water partition coefficient (Wildman–Crippen LogP) is 2.33. The zero-order chi connectivity index (χ0) is 19.0. The average molecular weight is 367 g/mol. The summed E-state index contributed by atoms with van der Waals surface area (Å²) in [6.07, 6.45) is 1.65. The summed E-state index contributed by atoms with van der Waals surface area (Å²) in [6, 6.07) is 7.34. The number of fused-ring (bicyclic) bond motifs is 2. The van der Waals surface area contributed by atoms with Crippen molar-refractivity contribution in [2.75, 3.05) is 13.2 Å². The van der Waals surface area contributed by atoms with E-state index in [1.807, 2.05) is 45.0 Å². The first kappa shape index (κ1) is 17.3. The smallest absolute Gasteiger partial charge is 0.291 e. The van der Waals surface area contributed by atoms with Crippen LogP contribution in [0.5, 0.6) is 11.5 Å². The molecule has 1 amide bonds. The van der Waals surface area contributed by atoms with E-state index >= 15 is 0 Å². The lowest BCUT2D eigenvalue weighted by molar-refractivity contribution is 0.0915. The number of nitrogens with one attached hydrogen (secondary N) is 1. The van der Waals surface area contributed by atoms with Crippen LogP contribution in [0.2, 0.25) is 0 Å². The van der Waals surface area contributed by atoms with Crippen molar-refractivity contribution in [2.45, 2.75) is 26.8 Å². The highest BCUT2D eigenvalue weighted by atomic mass is 16.6. The zero-order valence-corrected chi connectivity index (χ0v) is 15.5. The number of benzene rings is 1. The number of aromatic nitrogens is 4. The van der Waals surface area contributed by atoms with E-state index in [0.29, 0.717) is 24.7 Å². The standard InChI is InChI=1S/C19H21N5O3/c1-11(2)16(13-4-5-14-15(10-13)27-9-8-26-14)21-18(25)17-22-19-20-7-6-12(3)24(19)23-17/h4-7,10-11,16H,8-9H2,1-3H3,(H,21,25)/t16-/m0/s1. The maximum absolute atomic E-state index is 12.8. The fourth-order valence-corrected chi connectivity index (χ4v) is 3.10. The van der Waals surface area contributed by atoms with Crippen LogP contribution >= 0.6 is 0 Å². The largest absolute Gasteiger partial charge is 0.486 e. The number of nitrogens with zero attached hydrogens (tertiary/aromatic N) is 4. The summed E-state index contributed by atoms with van der Waals surface area (Å²) < 4.78 is 12.8. The summed E-state index contributed by atoms with van der Waals surface area (Å²) in [4.78, 5) is 21.1. The highest BCUT2D eigenvalue weighted by Gasteiger charge is 2.24. The van der Waals surface area contributed by atoms with Crippen molar-refractivity contribution >= 4 is 11.7 Å². The maximum Gasteiger partial charge on any atom is 0.291 e. The number of hydrogen-bond acceptors (Lipinski definition) is 6. The molecule has 0 saturated heterocycles. The number of carbonyl (C=O) groups excluding carboxylic acids is 1. The Morgan fingerprint density at radius 2 is 1.96 bits per heavy atom. The minimum absolute atomic E-state index is 0.0972. The Kier molecular flexibility index (Phi) is 4.39. The predicted molar refractivity (Wildman–Crippen MR) is 98.0 cm³/mol. The third-order valence-electron chi connectivity index (χ3n) is 4.51. The molecule has 4 rings (SSSR count). The number of ether oxygens (including phenoxy) is 2. The fraction of sp³-hybridized carbons (Fsp3) is 0.368. The van der Waals surface area contributed by atoms with Gasteiger partial charge in [0, 0.05) is 11.9 Å². The molecular formula is C19H21N5O3. The van der Waals surface area contributed by atoms with Gasteiger partial charge in [0.1, 0.15) is 13.2 Å². The monoisotopic (exact) mass is 367 g/mol. The lowest BCUT2D eigenvalue weighted by Gasteiger charge is -2.25. The molecule has 3 aromatic rings. The second-order valence-corrected chi connectivity index (χ2v) is 6.83. The van der Waals surface area contributed by atoms with E-state index in [1.54, 1.807) is 10.7 Å². The summed E-state index contributed by atoms with van der Waals surface area (Å²) in [5.74, 6) is 1.74. The molecule has 0 bridgehead atoms. The molecule has 1 aliphatic heterocycles. The highest BCUT2D eigenvalue weighted by molar-refractivity contribution is 5.91. The van der Waals surface area contributed by atoms with Crippen molar-refractivity contribution in [1.82, 2.24) is 24.9 Å². The molecule has 27 heavy (non-hydrogen) atoms. The van der Waals surface area contributed by atoms with E-state index < -0.39 is 0 Å². The normalized spacial score (nSPS) is 14.4. The van der Waals surface area contributed by atoms with Crippen molar-refractivity contribution in [1.29, 1.82) is 0 Å². The van der Waals surface area contributed by atoms with Crippen molar-refractivity contribution in [3.8, 4) is 11.5 Å². The molecule has 1 aromatic carbocycles. The van der Waals surface area contributed by atoms with Crippen molar-refractivity contribution in [3.05, 3.63) is 47.5 Å². The second-order valence-electron chi connectivity index (χ2n) is 6.83. The molecule has 1 aliphatic rings. The molecule has 1 atom stereocenters. The van der Waals surface area contributed by atoms with Crippen molar-refractivity contribution in [3.63, 3.8) is 0 Å². The van der Waals surface area contributed by atoms with E-state index in [0.717, 1.165) is 17.0 Å². The molecule has 3 heterocycles. The molecule has 8 heteroatoms. The Bertz CT molecular complexity index is 998. The first-order valence-electron chi connectivity index (χ1n) is 8.91. The summed E-state index contributed by atoms with van der Waals surface area (Å²) in [6.45, 7) is 7.04. The molecule has 140 valence electrons. The van der Waals surface area contributed by atoms with Crippen LogP contribution in [0.25, 0.3) is 5.78 Å². The third kappa shape index (κ3) is 3.30. The van der Waals surface area contributed by atoms with E-state index in [2.05, 4.69) is 20.4 Å². The van der Waals surface area contributed by atoms with Crippen LogP contribution in [0.1, 0.15) is 41.8 Å². The number of hydrogen-bond donors (Lipinski definition) is 1. The van der Waals surface area contributed by atoms with E-state index in [4.69, 9.17) is 9.47 Å². The van der Waals surface area contributed by atoms with Gasteiger partial charge in [-0.05, 0) is 36.6 Å². The van der Waals surface area contributed by atoms with Gasteiger partial charge in [0.25, 0.3) is 11.7 Å². The number of aryl methyl sites for hydroxylation is 1. The van der Waals surface area contributed by atoms with Crippen LogP contribution in [0.15, 0.2) is 30.5 Å². The average Bonchev–Trinajstić information content (AvgIpc) is 3.11. The highest BCUT2D eigenvalue weighted by Crippen LogP contribution is 2.34. The van der Waals surface area contributed by atoms with Gasteiger partial charge in [-0.3, -0.25) is 4.79 Å². The van der Waals surface area contributed by atoms with Gasteiger partial charge in [0.2, 0.25) is 5.82 Å². The Morgan fingerprint density at radius 1 is 1.19 bits per heavy atom. The molecule has 1 N–H and O–H groups in total. The van der Waals surface area contributed by atoms with E-state index in [-0.39, 0.29) is 23.7 Å². The first-order valence-corrected chi connectivity index (χ1v) is 8.91. The van der Waals surface area contributed by atoms with Crippen molar-refractivity contribution < 1.29 is 14.3 Å². The summed E-state index contributed by atoms with van der Waals surface area (Å²) >= 11 is 0. The molecule has 0 aliphatic carbocycles. The van der Waals surface area contributed by atoms with E-state index in [1.165, 1.54) is 0 Å². The van der Waals surface area contributed by atoms with Crippen LogP contribution in [-0.2, 0) is 0 Å². The Hall–Kier alpha value is -3.16. The van der Waals surface area contributed by atoms with Gasteiger partial charge < -0.3 is 14.8 Å². The number of amides is 1. The van der Waals surface area contributed by atoms with Crippen LogP contribution in [0, 0.1) is 12.8 Å². The van der Waals surface area contributed by atoms with Gasteiger partial charge in [-0.25, -0.2) is 9.50 Å². The number of carbonyl (C=O) groups is 1. The quantitative estimate of drug-likeness (QED) is 0.761. The topological polar surface area (TPSA) is 90.6 Å². The van der Waals surface area contributed by atoms with Gasteiger partial charge >= 0.3 is 0 Å². The van der Waals surface area contributed by atoms with Crippen LogP contribution in [-0.4, -0.2) is 38.7 Å². The zero-order valence-electron chi connectivity index (χ0n) is 15.5. The lowest BCUT2D eigenvalue weighted by atomic mass is 9.95. The molecular weight excluding hydrogens is 346 g/mol. The summed E-state index contributed by atoms with van der Waals surface area (Å²) in [5.41, 5.74) is 1.81. The SMILES string of the molecule is Cc1ccnc2nc(C(=O)N[C@H](c3ccc4c(c3)OCCO4)C(C)C)nn12. The lowest BCUT2D eigenvalue weighted by Crippen LogP contribution is -2.32. The first-order chi connectivity index (χ1) is 13.0. The van der Waals surface area contributed by atoms with Gasteiger partial charge in [-0.1, -0.05) is 19.9 Å². The van der Waals surface area contributed by atoms with Crippen molar-refractivity contribution in [2.24, 2.45) is 5.92 Å². The maximum atomic E-state index is 12.8. The molecule has 0 saturated carbocycles. The van der Waals surface area contributed by atoms with Crippen LogP contribution in [0.4, 0.5) is 0 Å². The summed E-state index contributed by atoms with van der Waals surface area (Å²) in [7, 11) is 0. The molecule has 0 unspecified atom stereocenters. The Labute approximate surface area is 156 Å². The molecule has 2 aromatic heterocycles. The van der Waals surface area contributed by atoms with Gasteiger partial charge in [0.05, 0.1) is 6.04 Å². The van der Waals surface area contributed by atoms with Crippen LogP contribution < -0.4 is 14.8 Å².